The first kappa shape index (κ1) is 16.3. The average Bonchev–Trinajstić information content (AvgIpc) is 2.41. The fraction of sp³-hybridized carbons (Fsp3) is 0.385. The average molecular weight is 299 g/mol. The molecule has 1 atom stereocenters. The molecule has 1 saturated heterocycles. The van der Waals surface area contributed by atoms with E-state index < -0.39 is 6.03 Å². The van der Waals surface area contributed by atoms with Crippen molar-refractivity contribution in [3.63, 3.8) is 0 Å². The molecule has 1 aromatic carbocycles. The third-order valence-corrected chi connectivity index (χ3v) is 3.05. The van der Waals surface area contributed by atoms with Gasteiger partial charge in [0.1, 0.15) is 0 Å². The zero-order valence-corrected chi connectivity index (χ0v) is 11.8. The molecule has 2 rings (SSSR count). The van der Waals surface area contributed by atoms with Crippen molar-refractivity contribution >= 4 is 35.7 Å². The third-order valence-electron chi connectivity index (χ3n) is 3.05. The lowest BCUT2D eigenvalue weighted by Crippen LogP contribution is -2.43. The maximum Gasteiger partial charge on any atom is 0.316 e. The van der Waals surface area contributed by atoms with Crippen LogP contribution < -0.4 is 21.7 Å². The monoisotopic (exact) mass is 298 g/mol. The highest BCUT2D eigenvalue weighted by atomic mass is 35.5. The van der Waals surface area contributed by atoms with Crippen molar-refractivity contribution in [2.45, 2.75) is 25.3 Å². The summed E-state index contributed by atoms with van der Waals surface area (Å²) >= 11 is 0. The first-order valence-electron chi connectivity index (χ1n) is 6.36. The van der Waals surface area contributed by atoms with E-state index in [1.807, 2.05) is 0 Å². The minimum absolute atomic E-state index is 0. The quantitative estimate of drug-likeness (QED) is 0.683. The first-order valence-corrected chi connectivity index (χ1v) is 6.36. The van der Waals surface area contributed by atoms with Crippen molar-refractivity contribution in [2.24, 2.45) is 5.73 Å². The van der Waals surface area contributed by atoms with Crippen LogP contribution in [-0.4, -0.2) is 24.5 Å². The third kappa shape index (κ3) is 4.71. The second-order valence-electron chi connectivity index (χ2n) is 4.56. The topological polar surface area (TPSA) is 96.2 Å². The van der Waals surface area contributed by atoms with Crippen molar-refractivity contribution in [3.8, 4) is 0 Å². The van der Waals surface area contributed by atoms with Gasteiger partial charge in [0, 0.05) is 11.4 Å². The second-order valence-corrected chi connectivity index (χ2v) is 4.56. The molecule has 7 heteroatoms. The van der Waals surface area contributed by atoms with Gasteiger partial charge >= 0.3 is 6.03 Å². The van der Waals surface area contributed by atoms with E-state index in [0.29, 0.717) is 11.4 Å². The van der Waals surface area contributed by atoms with Crippen molar-refractivity contribution in [2.75, 3.05) is 17.2 Å². The number of hydrogen-bond donors (Lipinski definition) is 4. The number of piperidine rings is 1. The van der Waals surface area contributed by atoms with Crippen LogP contribution in [0.5, 0.6) is 0 Å². The maximum atomic E-state index is 12.0. The maximum absolute atomic E-state index is 12.0. The number of nitrogens with one attached hydrogen (secondary N) is 3. The minimum atomic E-state index is -0.608. The van der Waals surface area contributed by atoms with Crippen molar-refractivity contribution in [3.05, 3.63) is 24.3 Å². The predicted octanol–water partition coefficient (Wildman–Crippen LogP) is 1.68. The second kappa shape index (κ2) is 7.72. The standard InChI is InChI=1S/C13H18N4O2.ClH/c14-13(19)17-10-6-4-9(5-7-10)16-12(18)11-3-1-2-8-15-11;/h4-7,11,15H,1-3,8H2,(H,16,18)(H3,14,17,19);1H. The Morgan fingerprint density at radius 2 is 1.70 bits per heavy atom. The number of carbonyl (C=O) groups excluding carboxylic acids is 2. The summed E-state index contributed by atoms with van der Waals surface area (Å²) in [4.78, 5) is 22.6. The van der Waals surface area contributed by atoms with Crippen molar-refractivity contribution in [1.29, 1.82) is 0 Å². The molecule has 0 aromatic heterocycles. The predicted molar refractivity (Wildman–Crippen MR) is 81.2 cm³/mol. The highest BCUT2D eigenvalue weighted by Gasteiger charge is 2.20. The van der Waals surface area contributed by atoms with E-state index in [0.717, 1.165) is 25.8 Å². The lowest BCUT2D eigenvalue weighted by atomic mass is 10.0. The molecule has 1 heterocycles. The Bertz CT molecular complexity index is 458. The van der Waals surface area contributed by atoms with Gasteiger partial charge in [0.15, 0.2) is 0 Å². The number of anilines is 2. The van der Waals surface area contributed by atoms with Gasteiger partial charge in [-0.1, -0.05) is 6.42 Å². The van der Waals surface area contributed by atoms with Gasteiger partial charge in [-0.2, -0.15) is 0 Å². The van der Waals surface area contributed by atoms with Crippen LogP contribution in [0.2, 0.25) is 0 Å². The summed E-state index contributed by atoms with van der Waals surface area (Å²) in [6, 6.07) is 6.11. The van der Waals surface area contributed by atoms with E-state index in [2.05, 4.69) is 16.0 Å². The zero-order chi connectivity index (χ0) is 13.7. The minimum Gasteiger partial charge on any atom is -0.351 e. The van der Waals surface area contributed by atoms with E-state index in [-0.39, 0.29) is 24.4 Å². The van der Waals surface area contributed by atoms with Crippen molar-refractivity contribution in [1.82, 2.24) is 5.32 Å². The van der Waals surface area contributed by atoms with E-state index >= 15 is 0 Å². The van der Waals surface area contributed by atoms with Gasteiger partial charge in [0.05, 0.1) is 6.04 Å². The molecular weight excluding hydrogens is 280 g/mol. The summed E-state index contributed by atoms with van der Waals surface area (Å²) in [5.74, 6) is -0.0182. The molecular formula is C13H19ClN4O2. The Hall–Kier alpha value is -1.79. The molecule has 0 bridgehead atoms. The molecule has 1 aliphatic heterocycles. The molecule has 1 aromatic rings. The first-order chi connectivity index (χ1) is 9.15. The molecule has 0 aliphatic carbocycles. The number of halogens is 1. The number of urea groups is 1. The van der Waals surface area contributed by atoms with Gasteiger partial charge in [0.2, 0.25) is 5.91 Å². The number of amides is 3. The normalized spacial score (nSPS) is 17.7. The van der Waals surface area contributed by atoms with Crippen LogP contribution in [0.4, 0.5) is 16.2 Å². The number of carbonyl (C=O) groups is 2. The largest absolute Gasteiger partial charge is 0.351 e. The molecule has 3 amide bonds. The Kier molecular flexibility index (Phi) is 6.27. The van der Waals surface area contributed by atoms with Gasteiger partial charge in [0.25, 0.3) is 0 Å². The van der Waals surface area contributed by atoms with Crippen LogP contribution in [0.25, 0.3) is 0 Å². The van der Waals surface area contributed by atoms with Crippen LogP contribution in [0.1, 0.15) is 19.3 Å². The zero-order valence-electron chi connectivity index (χ0n) is 11.0. The molecule has 5 N–H and O–H groups in total. The number of primary amides is 1. The van der Waals surface area contributed by atoms with Gasteiger partial charge in [-0.05, 0) is 43.7 Å². The van der Waals surface area contributed by atoms with Crippen LogP contribution in [0.15, 0.2) is 24.3 Å². The Labute approximate surface area is 123 Å². The molecule has 0 radical (unpaired) electrons. The van der Waals surface area contributed by atoms with Gasteiger partial charge < -0.3 is 21.7 Å². The molecule has 20 heavy (non-hydrogen) atoms. The van der Waals surface area contributed by atoms with Crippen LogP contribution in [0, 0.1) is 0 Å². The van der Waals surface area contributed by atoms with E-state index in [1.54, 1.807) is 24.3 Å². The van der Waals surface area contributed by atoms with Crippen molar-refractivity contribution < 1.29 is 9.59 Å². The summed E-state index contributed by atoms with van der Waals surface area (Å²) in [5, 5.41) is 8.50. The smallest absolute Gasteiger partial charge is 0.316 e. The summed E-state index contributed by atoms with van der Waals surface area (Å²) in [6.07, 6.45) is 3.07. The highest BCUT2D eigenvalue weighted by Crippen LogP contribution is 2.15. The highest BCUT2D eigenvalue weighted by molar-refractivity contribution is 5.95. The van der Waals surface area contributed by atoms with Crippen LogP contribution in [-0.2, 0) is 4.79 Å². The molecule has 1 unspecified atom stereocenters. The Balaban J connectivity index is 0.00000200. The summed E-state index contributed by atoms with van der Waals surface area (Å²) in [5.41, 5.74) is 6.31. The number of rotatable bonds is 3. The molecule has 1 aliphatic rings. The van der Waals surface area contributed by atoms with Gasteiger partial charge in [-0.3, -0.25) is 4.79 Å². The van der Waals surface area contributed by atoms with E-state index in [1.165, 1.54) is 0 Å². The summed E-state index contributed by atoms with van der Waals surface area (Å²) < 4.78 is 0. The lowest BCUT2D eigenvalue weighted by Gasteiger charge is -2.22. The van der Waals surface area contributed by atoms with Gasteiger partial charge in [-0.25, -0.2) is 4.79 Å². The van der Waals surface area contributed by atoms with E-state index in [9.17, 15) is 9.59 Å². The summed E-state index contributed by atoms with van der Waals surface area (Å²) in [7, 11) is 0. The number of hydrogen-bond acceptors (Lipinski definition) is 3. The fourth-order valence-electron chi connectivity index (χ4n) is 2.08. The molecule has 6 nitrogen and oxygen atoms in total. The van der Waals surface area contributed by atoms with Crippen LogP contribution >= 0.6 is 12.4 Å². The van der Waals surface area contributed by atoms with Gasteiger partial charge in [-0.15, -0.1) is 12.4 Å². The number of benzene rings is 1. The Morgan fingerprint density at radius 1 is 1.10 bits per heavy atom. The number of nitrogens with two attached hydrogens (primary N) is 1. The molecule has 0 spiro atoms. The SMILES string of the molecule is Cl.NC(=O)Nc1ccc(NC(=O)C2CCCCN2)cc1. The molecule has 0 saturated carbocycles. The van der Waals surface area contributed by atoms with E-state index in [4.69, 9.17) is 5.73 Å². The summed E-state index contributed by atoms with van der Waals surface area (Å²) in [6.45, 7) is 0.888. The lowest BCUT2D eigenvalue weighted by molar-refractivity contribution is -0.118. The van der Waals surface area contributed by atoms with Crippen LogP contribution in [0.3, 0.4) is 0 Å². The fourth-order valence-corrected chi connectivity index (χ4v) is 2.08. The molecule has 1 fully saturated rings. The molecule has 110 valence electrons. The Morgan fingerprint density at radius 3 is 2.20 bits per heavy atom.